The predicted octanol–water partition coefficient (Wildman–Crippen LogP) is 11.0. The molecule has 1 aliphatic carbocycles. The van der Waals surface area contributed by atoms with Crippen molar-refractivity contribution in [2.75, 3.05) is 0 Å². The van der Waals surface area contributed by atoms with E-state index < -0.39 is 0 Å². The van der Waals surface area contributed by atoms with Gasteiger partial charge in [-0.3, -0.25) is 0 Å². The highest BCUT2D eigenvalue weighted by molar-refractivity contribution is 5.93. The molecule has 0 saturated carbocycles. The van der Waals surface area contributed by atoms with Crippen LogP contribution in [-0.2, 0) is 5.41 Å². The summed E-state index contributed by atoms with van der Waals surface area (Å²) in [6.07, 6.45) is 0. The van der Waals surface area contributed by atoms with Crippen LogP contribution in [0.15, 0.2) is 152 Å². The first kappa shape index (κ1) is 28.4. The first-order valence-corrected chi connectivity index (χ1v) is 15.9. The highest BCUT2D eigenvalue weighted by Gasteiger charge is 2.37. The van der Waals surface area contributed by atoms with Gasteiger partial charge in [0.05, 0.1) is 23.0 Å². The van der Waals surface area contributed by atoms with Gasteiger partial charge < -0.3 is 0 Å². The molecular weight excluding hydrogens is 571 g/mol. The molecule has 47 heavy (non-hydrogen) atoms. The second kappa shape index (κ2) is 11.4. The average Bonchev–Trinajstić information content (AvgIpc) is 3.38. The highest BCUT2D eigenvalue weighted by atomic mass is 14.9. The summed E-state index contributed by atoms with van der Waals surface area (Å²) in [7, 11) is 0. The van der Waals surface area contributed by atoms with Gasteiger partial charge in [-0.2, -0.15) is 5.26 Å². The van der Waals surface area contributed by atoms with Crippen molar-refractivity contribution in [2.24, 2.45) is 0 Å². The quantitative estimate of drug-likeness (QED) is 0.197. The highest BCUT2D eigenvalue weighted by Crippen LogP contribution is 2.52. The summed E-state index contributed by atoms with van der Waals surface area (Å²) in [5.41, 5.74) is 14.9. The van der Waals surface area contributed by atoms with Crippen LogP contribution >= 0.6 is 0 Å². The summed E-state index contributed by atoms with van der Waals surface area (Å²) in [4.78, 5) is 10.1. The van der Waals surface area contributed by atoms with E-state index in [1.54, 1.807) is 0 Å². The molecule has 6 aromatic carbocycles. The van der Waals surface area contributed by atoms with Crippen LogP contribution in [-0.4, -0.2) is 9.97 Å². The topological polar surface area (TPSA) is 49.6 Å². The van der Waals surface area contributed by atoms with Crippen LogP contribution in [0.25, 0.3) is 67.3 Å². The van der Waals surface area contributed by atoms with Crippen LogP contribution in [0.1, 0.15) is 30.5 Å². The lowest BCUT2D eigenvalue weighted by Crippen LogP contribution is -2.15. The van der Waals surface area contributed by atoms with Crippen molar-refractivity contribution in [3.8, 4) is 73.4 Å². The van der Waals surface area contributed by atoms with E-state index in [9.17, 15) is 5.26 Å². The van der Waals surface area contributed by atoms with Crippen molar-refractivity contribution in [3.05, 3.63) is 168 Å². The van der Waals surface area contributed by atoms with Gasteiger partial charge >= 0.3 is 0 Å². The predicted molar refractivity (Wildman–Crippen MR) is 191 cm³/mol. The zero-order valence-electron chi connectivity index (χ0n) is 26.3. The van der Waals surface area contributed by atoms with E-state index in [1.165, 1.54) is 38.9 Å². The molecule has 1 heterocycles. The maximum atomic E-state index is 9.57. The molecular formula is C44H31N3. The third-order valence-corrected chi connectivity index (χ3v) is 9.37. The van der Waals surface area contributed by atoms with E-state index in [2.05, 4.69) is 135 Å². The Bertz CT molecular complexity index is 2300. The van der Waals surface area contributed by atoms with Gasteiger partial charge in [-0.05, 0) is 62.7 Å². The van der Waals surface area contributed by atoms with Crippen LogP contribution in [0.4, 0.5) is 0 Å². The fourth-order valence-electron chi connectivity index (χ4n) is 6.84. The second-order valence-electron chi connectivity index (χ2n) is 12.6. The number of aromatic nitrogens is 2. The number of nitriles is 1. The monoisotopic (exact) mass is 601 g/mol. The lowest BCUT2D eigenvalue weighted by atomic mass is 9.81. The number of rotatable bonds is 5. The van der Waals surface area contributed by atoms with Crippen LogP contribution < -0.4 is 0 Å². The summed E-state index contributed by atoms with van der Waals surface area (Å²) < 4.78 is 0. The maximum Gasteiger partial charge on any atom is 0.160 e. The fraction of sp³-hybridized carbons (Fsp3) is 0.0682. The Morgan fingerprint density at radius 2 is 1.02 bits per heavy atom. The van der Waals surface area contributed by atoms with Gasteiger partial charge in [0.25, 0.3) is 0 Å². The number of hydrogen-bond acceptors (Lipinski definition) is 3. The SMILES string of the molecule is CC1(C)c2cc(C#N)ccc2-c2c(-c3ccc(-c4nc(-c5ccccc5)cc(-c5ccc(-c6ccccc6)cc5)n4)cc3)cccc21. The molecule has 0 N–H and O–H groups in total. The largest absolute Gasteiger partial charge is 0.228 e. The molecule has 222 valence electrons. The minimum Gasteiger partial charge on any atom is -0.228 e. The van der Waals surface area contributed by atoms with E-state index >= 15 is 0 Å². The molecule has 0 fully saturated rings. The summed E-state index contributed by atoms with van der Waals surface area (Å²) in [6.45, 7) is 4.49. The summed E-state index contributed by atoms with van der Waals surface area (Å²) in [5, 5.41) is 9.57. The third-order valence-electron chi connectivity index (χ3n) is 9.37. The van der Waals surface area contributed by atoms with Crippen molar-refractivity contribution in [1.82, 2.24) is 9.97 Å². The Labute approximate surface area is 275 Å². The Kier molecular flexibility index (Phi) is 6.85. The zero-order chi connectivity index (χ0) is 32.0. The van der Waals surface area contributed by atoms with Gasteiger partial charge in [-0.25, -0.2) is 9.97 Å². The summed E-state index contributed by atoms with van der Waals surface area (Å²) in [5.74, 6) is 0.689. The Morgan fingerprint density at radius 3 is 1.68 bits per heavy atom. The van der Waals surface area contributed by atoms with E-state index in [1.807, 2.05) is 36.4 Å². The third kappa shape index (κ3) is 5.01. The van der Waals surface area contributed by atoms with Gasteiger partial charge in [0.2, 0.25) is 0 Å². The Morgan fingerprint density at radius 1 is 0.468 bits per heavy atom. The summed E-state index contributed by atoms with van der Waals surface area (Å²) >= 11 is 0. The average molecular weight is 602 g/mol. The molecule has 3 nitrogen and oxygen atoms in total. The number of nitrogens with zero attached hydrogens (tertiary/aromatic N) is 3. The van der Waals surface area contributed by atoms with E-state index in [0.29, 0.717) is 11.4 Å². The van der Waals surface area contributed by atoms with E-state index in [0.717, 1.165) is 33.6 Å². The maximum absolute atomic E-state index is 9.57. The zero-order valence-corrected chi connectivity index (χ0v) is 26.3. The van der Waals surface area contributed by atoms with Crippen LogP contribution in [0, 0.1) is 11.3 Å². The normalized spacial score (nSPS) is 12.6. The number of hydrogen-bond donors (Lipinski definition) is 0. The molecule has 8 rings (SSSR count). The second-order valence-corrected chi connectivity index (χ2v) is 12.6. The van der Waals surface area contributed by atoms with Gasteiger partial charge in [-0.1, -0.05) is 147 Å². The molecule has 0 atom stereocenters. The number of fused-ring (bicyclic) bond motifs is 3. The first-order valence-electron chi connectivity index (χ1n) is 15.9. The van der Waals surface area contributed by atoms with Crippen LogP contribution in [0.2, 0.25) is 0 Å². The van der Waals surface area contributed by atoms with Crippen molar-refractivity contribution >= 4 is 0 Å². The van der Waals surface area contributed by atoms with E-state index in [-0.39, 0.29) is 5.41 Å². The van der Waals surface area contributed by atoms with Crippen molar-refractivity contribution in [2.45, 2.75) is 19.3 Å². The first-order chi connectivity index (χ1) is 23.0. The van der Waals surface area contributed by atoms with Crippen LogP contribution in [0.3, 0.4) is 0 Å². The number of benzene rings is 6. The molecule has 0 aliphatic heterocycles. The lowest BCUT2D eigenvalue weighted by Gasteiger charge is -2.21. The molecule has 0 bridgehead atoms. The van der Waals surface area contributed by atoms with Gasteiger partial charge in [0, 0.05) is 22.1 Å². The van der Waals surface area contributed by atoms with Gasteiger partial charge in [0.1, 0.15) is 0 Å². The molecule has 1 aromatic heterocycles. The smallest absolute Gasteiger partial charge is 0.160 e. The molecule has 3 heteroatoms. The Hall–Kier alpha value is -6.11. The summed E-state index contributed by atoms with van der Waals surface area (Å²) in [6, 6.07) is 54.9. The minimum absolute atomic E-state index is 0.186. The fourth-order valence-corrected chi connectivity index (χ4v) is 6.84. The molecule has 7 aromatic rings. The molecule has 0 radical (unpaired) electrons. The molecule has 0 spiro atoms. The van der Waals surface area contributed by atoms with Gasteiger partial charge in [0.15, 0.2) is 5.82 Å². The standard InChI is InChI=1S/C44H31N3/c1-44(2)38-15-9-14-36(42(38)37-25-16-29(28-45)26-39(37)44)32-19-23-35(24-20-32)43-46-40(33-12-7-4-8-13-33)27-41(47-43)34-21-17-31(18-22-34)30-10-5-3-6-11-30/h3-27H,1-2H3. The van der Waals surface area contributed by atoms with Crippen LogP contribution in [0.5, 0.6) is 0 Å². The Balaban J connectivity index is 1.20. The minimum atomic E-state index is -0.186. The lowest BCUT2D eigenvalue weighted by molar-refractivity contribution is 0.660. The van der Waals surface area contributed by atoms with Crippen molar-refractivity contribution in [1.29, 1.82) is 5.26 Å². The van der Waals surface area contributed by atoms with Crippen molar-refractivity contribution in [3.63, 3.8) is 0 Å². The molecule has 0 unspecified atom stereocenters. The molecule has 0 amide bonds. The van der Waals surface area contributed by atoms with Gasteiger partial charge in [-0.15, -0.1) is 0 Å². The molecule has 0 saturated heterocycles. The molecule has 1 aliphatic rings. The van der Waals surface area contributed by atoms with E-state index in [4.69, 9.17) is 9.97 Å². The van der Waals surface area contributed by atoms with Crippen molar-refractivity contribution < 1.29 is 0 Å².